The van der Waals surface area contributed by atoms with Crippen LogP contribution in [0.1, 0.15) is 51.2 Å². The monoisotopic (exact) mass is 629 g/mol. The molecular weight excluding hydrogens is 588 g/mol. The van der Waals surface area contributed by atoms with Gasteiger partial charge >= 0.3 is 6.09 Å². The zero-order chi connectivity index (χ0) is 32.7. The number of nitrogens with zero attached hydrogens (tertiary/aromatic N) is 3. The van der Waals surface area contributed by atoms with Crippen molar-refractivity contribution in [1.29, 1.82) is 0 Å². The number of hydrogen-bond acceptors (Lipinski definition) is 9. The van der Waals surface area contributed by atoms with Crippen molar-refractivity contribution in [3.05, 3.63) is 71.4 Å². The minimum atomic E-state index is -1.15. The molecule has 0 aliphatic carbocycles. The van der Waals surface area contributed by atoms with E-state index in [2.05, 4.69) is 9.97 Å². The van der Waals surface area contributed by atoms with Gasteiger partial charge in [0.25, 0.3) is 0 Å². The molecule has 1 unspecified atom stereocenters. The number of amides is 1. The Morgan fingerprint density at radius 1 is 1.18 bits per heavy atom. The van der Waals surface area contributed by atoms with Crippen molar-refractivity contribution < 1.29 is 43.1 Å². The van der Waals surface area contributed by atoms with Crippen molar-refractivity contribution >= 4 is 23.2 Å². The lowest BCUT2D eigenvalue weighted by Gasteiger charge is -2.44. The summed E-state index contributed by atoms with van der Waals surface area (Å²) in [7, 11) is 1.52. The van der Waals surface area contributed by atoms with Crippen LogP contribution in [-0.4, -0.2) is 92.6 Å². The summed E-state index contributed by atoms with van der Waals surface area (Å²) in [6, 6.07) is 7.73. The van der Waals surface area contributed by atoms with Gasteiger partial charge in [0.2, 0.25) is 5.88 Å². The van der Waals surface area contributed by atoms with Crippen LogP contribution in [0, 0.1) is 11.6 Å². The third-order valence-electron chi connectivity index (χ3n) is 7.54. The Kier molecular flexibility index (Phi) is 11.4. The van der Waals surface area contributed by atoms with Crippen LogP contribution in [0.2, 0.25) is 0 Å². The Morgan fingerprint density at radius 3 is 2.67 bits per heavy atom. The molecule has 1 aromatic carbocycles. The van der Waals surface area contributed by atoms with E-state index in [1.54, 1.807) is 45.2 Å². The number of hydrogen-bond donors (Lipinski definition) is 3. The van der Waals surface area contributed by atoms with Crippen LogP contribution in [0.4, 0.5) is 13.6 Å². The maximum atomic E-state index is 14.2. The van der Waals surface area contributed by atoms with Gasteiger partial charge in [-0.05, 0) is 69.5 Å². The van der Waals surface area contributed by atoms with E-state index in [1.807, 2.05) is 0 Å². The Hall–Kier alpha value is -3.71. The van der Waals surface area contributed by atoms with Crippen LogP contribution in [0.5, 0.6) is 5.88 Å². The molecule has 0 bridgehead atoms. The molecule has 1 saturated heterocycles. The number of fused-ring (bicyclic) bond motifs is 1. The molecule has 2 aromatic heterocycles. The highest BCUT2D eigenvalue weighted by atomic mass is 19.1. The quantitative estimate of drug-likeness (QED) is 0.282. The number of aliphatic hydroxyl groups is 3. The molecule has 10 nitrogen and oxygen atoms in total. The van der Waals surface area contributed by atoms with Gasteiger partial charge in [-0.25, -0.2) is 18.6 Å². The van der Waals surface area contributed by atoms with Crippen LogP contribution in [0.3, 0.4) is 0 Å². The van der Waals surface area contributed by atoms with E-state index in [9.17, 15) is 28.9 Å². The normalized spacial score (nSPS) is 20.2. The van der Waals surface area contributed by atoms with E-state index in [-0.39, 0.29) is 24.9 Å². The number of carbonyl (C=O) groups excluding carboxylic acids is 1. The number of carbonyl (C=O) groups is 1. The summed E-state index contributed by atoms with van der Waals surface area (Å²) in [5.41, 5.74) is 1.17. The van der Waals surface area contributed by atoms with Crippen molar-refractivity contribution in [2.45, 2.75) is 82.5 Å². The lowest BCUT2D eigenvalue weighted by atomic mass is 9.90. The molecule has 1 amide bonds. The number of aromatic nitrogens is 2. The van der Waals surface area contributed by atoms with Crippen LogP contribution in [0.25, 0.3) is 17.1 Å². The highest BCUT2D eigenvalue weighted by Crippen LogP contribution is 2.31. The van der Waals surface area contributed by atoms with E-state index >= 15 is 0 Å². The van der Waals surface area contributed by atoms with E-state index in [0.29, 0.717) is 29.8 Å². The molecule has 5 atom stereocenters. The molecule has 3 N–H and O–H groups in total. The molecule has 3 aromatic rings. The summed E-state index contributed by atoms with van der Waals surface area (Å²) in [5, 5.41) is 31.3. The molecule has 0 radical (unpaired) electrons. The van der Waals surface area contributed by atoms with E-state index in [0.717, 1.165) is 23.8 Å². The van der Waals surface area contributed by atoms with Gasteiger partial charge in [0.05, 0.1) is 55.2 Å². The van der Waals surface area contributed by atoms with E-state index < -0.39 is 60.4 Å². The largest absolute Gasteiger partial charge is 0.481 e. The number of pyridine rings is 2. The van der Waals surface area contributed by atoms with Gasteiger partial charge in [-0.3, -0.25) is 9.88 Å². The van der Waals surface area contributed by atoms with Crippen molar-refractivity contribution in [3.63, 3.8) is 0 Å². The van der Waals surface area contributed by atoms with Gasteiger partial charge < -0.3 is 29.5 Å². The molecule has 0 spiro atoms. The molecule has 1 fully saturated rings. The average Bonchev–Trinajstić information content (AvgIpc) is 3.00. The minimum absolute atomic E-state index is 0.0187. The summed E-state index contributed by atoms with van der Waals surface area (Å²) in [4.78, 5) is 23.7. The number of ether oxygens (including phenoxy) is 3. The first-order valence-corrected chi connectivity index (χ1v) is 14.9. The Morgan fingerprint density at radius 2 is 1.96 bits per heavy atom. The first-order chi connectivity index (χ1) is 21.4. The molecule has 45 heavy (non-hydrogen) atoms. The van der Waals surface area contributed by atoms with Gasteiger partial charge in [-0.15, -0.1) is 0 Å². The molecule has 1 aliphatic rings. The van der Waals surface area contributed by atoms with Crippen LogP contribution >= 0.6 is 0 Å². The molecular formula is C33H41F2N3O7. The van der Waals surface area contributed by atoms with Gasteiger partial charge in [0.1, 0.15) is 17.2 Å². The fourth-order valence-corrected chi connectivity index (χ4v) is 5.40. The van der Waals surface area contributed by atoms with Crippen molar-refractivity contribution in [2.24, 2.45) is 0 Å². The Balaban J connectivity index is 1.57. The fourth-order valence-electron chi connectivity index (χ4n) is 5.40. The number of rotatable bonds is 11. The van der Waals surface area contributed by atoms with Crippen molar-refractivity contribution in [2.75, 3.05) is 20.3 Å². The first-order valence-electron chi connectivity index (χ1n) is 14.9. The number of benzene rings is 1. The second kappa shape index (κ2) is 15.0. The summed E-state index contributed by atoms with van der Waals surface area (Å²) in [6.07, 6.45) is 1.21. The predicted octanol–water partition coefficient (Wildman–Crippen LogP) is 4.43. The third kappa shape index (κ3) is 9.16. The average molecular weight is 630 g/mol. The summed E-state index contributed by atoms with van der Waals surface area (Å²) < 4.78 is 45.2. The summed E-state index contributed by atoms with van der Waals surface area (Å²) in [5.74, 6) is -0.801. The molecule has 4 rings (SSSR count). The van der Waals surface area contributed by atoms with Crippen LogP contribution in [-0.2, 0) is 15.9 Å². The van der Waals surface area contributed by atoms with E-state index in [1.165, 1.54) is 24.2 Å². The first kappa shape index (κ1) is 34.2. The Bertz CT molecular complexity index is 1480. The van der Waals surface area contributed by atoms with Crippen molar-refractivity contribution in [1.82, 2.24) is 14.9 Å². The molecule has 3 heterocycles. The minimum Gasteiger partial charge on any atom is -0.481 e. The third-order valence-corrected chi connectivity index (χ3v) is 7.54. The van der Waals surface area contributed by atoms with Crippen LogP contribution in [0.15, 0.2) is 48.7 Å². The Labute approximate surface area is 261 Å². The van der Waals surface area contributed by atoms with Gasteiger partial charge in [-0.2, -0.15) is 0 Å². The highest BCUT2D eigenvalue weighted by Gasteiger charge is 2.41. The van der Waals surface area contributed by atoms with Crippen LogP contribution < -0.4 is 4.74 Å². The fraction of sp³-hybridized carbons (Fsp3) is 0.485. The molecule has 12 heteroatoms. The highest BCUT2D eigenvalue weighted by molar-refractivity contribution is 5.78. The van der Waals surface area contributed by atoms with E-state index in [4.69, 9.17) is 14.2 Å². The van der Waals surface area contributed by atoms with Gasteiger partial charge in [-0.1, -0.05) is 12.2 Å². The molecule has 244 valence electrons. The second-order valence-electron chi connectivity index (χ2n) is 12.1. The summed E-state index contributed by atoms with van der Waals surface area (Å²) in [6.45, 7) is 4.62. The molecule has 0 saturated carbocycles. The lowest BCUT2D eigenvalue weighted by molar-refractivity contribution is -0.146. The standard InChI is InChI=1S/C33H41F2N3O7/c1-33(2,3)45-32(42)38(15-5-6-20-16-22(34)7-8-24(20)35)26-10-11-28(44-29(26)18-23(40)19-39)27(41)17-21-13-14-36-25-9-12-30(43-4)37-31(21)25/h5-9,12-14,16,23,26-29,39-41H,10-11,15,17-19H2,1-4H3/b6-5+/t23?,26-,27+,28+,29-/m1/s1. The zero-order valence-corrected chi connectivity index (χ0v) is 25.9. The summed E-state index contributed by atoms with van der Waals surface area (Å²) >= 11 is 0. The number of aliphatic hydroxyl groups excluding tert-OH is 3. The number of methoxy groups -OCH3 is 1. The maximum absolute atomic E-state index is 14.2. The second-order valence-corrected chi connectivity index (χ2v) is 12.1. The maximum Gasteiger partial charge on any atom is 0.410 e. The molecule has 1 aliphatic heterocycles. The number of halogens is 2. The van der Waals surface area contributed by atoms with Crippen molar-refractivity contribution in [3.8, 4) is 5.88 Å². The zero-order valence-electron chi connectivity index (χ0n) is 25.9. The smallest absolute Gasteiger partial charge is 0.410 e. The van der Waals surface area contributed by atoms with Gasteiger partial charge in [0, 0.05) is 37.2 Å². The lowest BCUT2D eigenvalue weighted by Crippen LogP contribution is -2.55. The topological polar surface area (TPSA) is 134 Å². The SMILES string of the molecule is COc1ccc2nccc(C[C@H](O)[C@@H]3CC[C@@H](N(C/C=C/c4cc(F)ccc4F)C(=O)OC(C)(C)C)[C@@H](CC(O)CO)O3)c2n1. The van der Waals surface area contributed by atoms with Gasteiger partial charge in [0.15, 0.2) is 0 Å². The predicted molar refractivity (Wildman–Crippen MR) is 164 cm³/mol.